The first-order chi connectivity index (χ1) is 3.39. The van der Waals surface area contributed by atoms with Crippen LogP contribution in [-0.2, 0) is 4.79 Å². The highest BCUT2D eigenvalue weighted by atomic mass is 16.1. The lowest BCUT2D eigenvalue weighted by Gasteiger charge is -1.79. The van der Waals surface area contributed by atoms with E-state index in [1.54, 1.807) is 0 Å². The number of aliphatic imine (C=N–C) groups is 1. The van der Waals surface area contributed by atoms with Gasteiger partial charge in [0.25, 0.3) is 6.20 Å². The lowest BCUT2D eigenvalue weighted by molar-refractivity contribution is -0.115. The molecule has 0 atom stereocenters. The van der Waals surface area contributed by atoms with Crippen LogP contribution in [0.3, 0.4) is 0 Å². The molecular weight excluding hydrogens is 92.1 g/mol. The van der Waals surface area contributed by atoms with E-state index in [1.807, 2.05) is 0 Å². The van der Waals surface area contributed by atoms with E-state index < -0.39 is 0 Å². The molecular formula is C4H3N2O+. The fourth-order valence-corrected chi connectivity index (χ4v) is 0.271. The molecule has 34 valence electrons. The van der Waals surface area contributed by atoms with E-state index >= 15 is 0 Å². The van der Waals surface area contributed by atoms with Crippen molar-refractivity contribution in [3.8, 4) is 0 Å². The van der Waals surface area contributed by atoms with Gasteiger partial charge in [0.05, 0.1) is 0 Å². The number of carbonyl (C=O) groups is 1. The second kappa shape index (κ2) is 1.49. The van der Waals surface area contributed by atoms with Gasteiger partial charge in [-0.05, 0) is 0 Å². The number of hydrogen-bond acceptors (Lipinski definition) is 2. The first-order valence-electron chi connectivity index (χ1n) is 1.80. The van der Waals surface area contributed by atoms with Gasteiger partial charge in [-0.1, -0.05) is 0 Å². The molecule has 0 fully saturated rings. The molecule has 1 amide bonds. The summed E-state index contributed by atoms with van der Waals surface area (Å²) in [4.78, 5) is 13.7. The van der Waals surface area contributed by atoms with Crippen molar-refractivity contribution >= 4 is 12.2 Å². The van der Waals surface area contributed by atoms with Crippen LogP contribution in [0.1, 0.15) is 0 Å². The van der Waals surface area contributed by atoms with Crippen molar-refractivity contribution in [3.05, 3.63) is 12.3 Å². The van der Waals surface area contributed by atoms with Crippen molar-refractivity contribution < 1.29 is 4.79 Å². The molecule has 0 aromatic carbocycles. The molecule has 0 aliphatic carbocycles. The van der Waals surface area contributed by atoms with Gasteiger partial charge in [0.15, 0.2) is 0 Å². The topological polar surface area (TPSA) is 41.5 Å². The van der Waals surface area contributed by atoms with Crippen LogP contribution in [0.4, 0.5) is 0 Å². The first-order valence-corrected chi connectivity index (χ1v) is 1.80. The number of hydrogen-bond donors (Lipinski definition) is 1. The predicted molar refractivity (Wildman–Crippen MR) is 24.4 cm³/mol. The second-order valence-corrected chi connectivity index (χ2v) is 1.03. The maximum Gasteiger partial charge on any atom is 0.497 e. The molecule has 1 heterocycles. The van der Waals surface area contributed by atoms with Crippen LogP contribution < -0.4 is 5.32 Å². The molecule has 1 aliphatic rings. The van der Waals surface area contributed by atoms with Crippen LogP contribution in [-0.4, -0.2) is 12.2 Å². The Kier molecular flexibility index (Phi) is 0.845. The summed E-state index contributed by atoms with van der Waals surface area (Å²) in [6, 6.07) is 0. The predicted octanol–water partition coefficient (Wildman–Crippen LogP) is -0.539. The third-order valence-corrected chi connectivity index (χ3v) is 0.540. The summed E-state index contributed by atoms with van der Waals surface area (Å²) >= 11 is 0. The molecule has 1 N–H and O–H groups in total. The average Bonchev–Trinajstić information content (AvgIpc) is 1.69. The van der Waals surface area contributed by atoms with Gasteiger partial charge in [0.2, 0.25) is 0 Å². The highest BCUT2D eigenvalue weighted by Gasteiger charge is 2.10. The van der Waals surface area contributed by atoms with Gasteiger partial charge in [-0.3, -0.25) is 5.32 Å². The highest BCUT2D eigenvalue weighted by molar-refractivity contribution is 5.94. The van der Waals surface area contributed by atoms with Crippen LogP contribution in [0.2, 0.25) is 0 Å². The summed E-state index contributed by atoms with van der Waals surface area (Å²) in [5.74, 6) is -0.241. The Bertz CT molecular complexity index is 137. The molecule has 3 heteroatoms. The molecule has 0 radical (unpaired) electrons. The van der Waals surface area contributed by atoms with Gasteiger partial charge in [-0.2, -0.15) is 4.99 Å². The lowest BCUT2D eigenvalue weighted by Crippen LogP contribution is -2.20. The summed E-state index contributed by atoms with van der Waals surface area (Å²) in [5, 5.41) is 2.31. The summed E-state index contributed by atoms with van der Waals surface area (Å²) in [6.45, 7) is 0. The molecule has 0 aromatic rings. The fourth-order valence-electron chi connectivity index (χ4n) is 0.271. The van der Waals surface area contributed by atoms with Gasteiger partial charge in [0.1, 0.15) is 6.34 Å². The summed E-state index contributed by atoms with van der Waals surface area (Å²) < 4.78 is 0. The zero-order chi connectivity index (χ0) is 5.11. The molecule has 0 spiro atoms. The zero-order valence-electron chi connectivity index (χ0n) is 3.51. The van der Waals surface area contributed by atoms with Crippen LogP contribution in [0, 0.1) is 6.08 Å². The van der Waals surface area contributed by atoms with Gasteiger partial charge >= 0.3 is 12.0 Å². The number of rotatable bonds is 0. The molecule has 0 aromatic heterocycles. The van der Waals surface area contributed by atoms with Crippen LogP contribution in [0.25, 0.3) is 0 Å². The molecule has 1 rings (SSSR count). The molecule has 0 unspecified atom stereocenters. The normalized spacial score (nSPS) is 15.7. The summed E-state index contributed by atoms with van der Waals surface area (Å²) in [7, 11) is 0. The summed E-state index contributed by atoms with van der Waals surface area (Å²) in [5.41, 5.74) is 0. The number of carbonyl (C=O) groups excluding carboxylic acids is 1. The standard InChI is InChI=1S/C4H2N2O/c7-4-1-2-5-3-6-4/h2-3H/p+1. The van der Waals surface area contributed by atoms with E-state index in [9.17, 15) is 4.79 Å². The van der Waals surface area contributed by atoms with Gasteiger partial charge in [-0.15, -0.1) is 0 Å². The van der Waals surface area contributed by atoms with E-state index in [4.69, 9.17) is 0 Å². The number of nitrogens with one attached hydrogen (secondary N) is 1. The monoisotopic (exact) mass is 95.0 g/mol. The maximum absolute atomic E-state index is 10.1. The van der Waals surface area contributed by atoms with Crippen LogP contribution in [0.15, 0.2) is 11.2 Å². The largest absolute Gasteiger partial charge is 0.497 e. The number of amides is 1. The summed E-state index contributed by atoms with van der Waals surface area (Å²) in [6.07, 6.45) is 4.95. The SMILES string of the molecule is O=C1[C+]=CN=CN1. The average molecular weight is 95.1 g/mol. The highest BCUT2D eigenvalue weighted by Crippen LogP contribution is 1.75. The van der Waals surface area contributed by atoms with Crippen molar-refractivity contribution in [2.24, 2.45) is 4.99 Å². The number of nitrogens with zero attached hydrogens (tertiary/aromatic N) is 1. The van der Waals surface area contributed by atoms with E-state index in [-0.39, 0.29) is 5.91 Å². The molecule has 0 saturated carbocycles. The Morgan fingerprint density at radius 1 is 1.86 bits per heavy atom. The maximum atomic E-state index is 10.1. The van der Waals surface area contributed by atoms with Crippen molar-refractivity contribution in [1.82, 2.24) is 5.32 Å². The molecule has 3 nitrogen and oxygen atoms in total. The van der Waals surface area contributed by atoms with E-state index in [0.29, 0.717) is 0 Å². The Hall–Kier alpha value is -1.21. The Morgan fingerprint density at radius 2 is 2.71 bits per heavy atom. The Morgan fingerprint density at radius 3 is 3.00 bits per heavy atom. The zero-order valence-corrected chi connectivity index (χ0v) is 3.51. The van der Waals surface area contributed by atoms with Crippen molar-refractivity contribution in [2.75, 3.05) is 0 Å². The minimum atomic E-state index is -0.241. The van der Waals surface area contributed by atoms with E-state index in [0.717, 1.165) is 0 Å². The van der Waals surface area contributed by atoms with Crippen molar-refractivity contribution in [2.45, 2.75) is 0 Å². The fraction of sp³-hybridized carbons (Fsp3) is 0. The molecule has 0 saturated heterocycles. The molecule has 1 aliphatic heterocycles. The van der Waals surface area contributed by atoms with Crippen LogP contribution >= 0.6 is 0 Å². The Labute approximate surface area is 40.7 Å². The van der Waals surface area contributed by atoms with Gasteiger partial charge in [0, 0.05) is 0 Å². The minimum absolute atomic E-state index is 0.241. The first kappa shape index (κ1) is 3.96. The second-order valence-electron chi connectivity index (χ2n) is 1.03. The molecule has 7 heavy (non-hydrogen) atoms. The van der Waals surface area contributed by atoms with Gasteiger partial charge in [-0.25, -0.2) is 4.79 Å². The minimum Gasteiger partial charge on any atom is -0.266 e. The smallest absolute Gasteiger partial charge is 0.266 e. The Balaban J connectivity index is 2.66. The van der Waals surface area contributed by atoms with Crippen molar-refractivity contribution in [1.29, 1.82) is 0 Å². The lowest BCUT2D eigenvalue weighted by atomic mass is 10.5. The van der Waals surface area contributed by atoms with E-state index in [1.165, 1.54) is 12.5 Å². The quantitative estimate of drug-likeness (QED) is 0.403. The third-order valence-electron chi connectivity index (χ3n) is 0.540. The molecule has 0 bridgehead atoms. The van der Waals surface area contributed by atoms with E-state index in [2.05, 4.69) is 16.4 Å². The third kappa shape index (κ3) is 0.809. The van der Waals surface area contributed by atoms with Gasteiger partial charge < -0.3 is 0 Å². The van der Waals surface area contributed by atoms with Crippen LogP contribution in [0.5, 0.6) is 0 Å². The van der Waals surface area contributed by atoms with Crippen molar-refractivity contribution in [3.63, 3.8) is 0 Å².